The van der Waals surface area contributed by atoms with E-state index in [2.05, 4.69) is 29.0 Å². The lowest BCUT2D eigenvalue weighted by molar-refractivity contribution is 0.0925. The van der Waals surface area contributed by atoms with E-state index in [0.717, 1.165) is 16.1 Å². The molecule has 1 N–H and O–H groups in total. The van der Waals surface area contributed by atoms with Crippen molar-refractivity contribution in [1.29, 1.82) is 0 Å². The second kappa shape index (κ2) is 10.8. The third-order valence-corrected chi connectivity index (χ3v) is 6.23. The van der Waals surface area contributed by atoms with Crippen LogP contribution in [0.4, 0.5) is 4.39 Å². The molecule has 4 nitrogen and oxygen atoms in total. The summed E-state index contributed by atoms with van der Waals surface area (Å²) in [4.78, 5) is 19.2. The molecule has 7 heteroatoms. The van der Waals surface area contributed by atoms with E-state index in [0.29, 0.717) is 36.3 Å². The summed E-state index contributed by atoms with van der Waals surface area (Å²) in [6, 6.07) is 14.3. The summed E-state index contributed by atoms with van der Waals surface area (Å²) in [5, 5.41) is 6.35. The molecule has 1 heterocycles. The number of carbonyl (C=O) groups is 1. The lowest BCUT2D eigenvalue weighted by Gasteiger charge is -2.21. The van der Waals surface area contributed by atoms with Crippen molar-refractivity contribution in [1.82, 2.24) is 15.2 Å². The van der Waals surface area contributed by atoms with Gasteiger partial charge in [-0.15, -0.1) is 11.3 Å². The zero-order valence-electron chi connectivity index (χ0n) is 17.9. The van der Waals surface area contributed by atoms with Crippen molar-refractivity contribution >= 4 is 28.8 Å². The van der Waals surface area contributed by atoms with Gasteiger partial charge in [0.1, 0.15) is 16.5 Å². The minimum absolute atomic E-state index is 0.0810. The largest absolute Gasteiger partial charge is 0.348 e. The number of thiazole rings is 1. The van der Waals surface area contributed by atoms with Gasteiger partial charge in [-0.3, -0.25) is 9.69 Å². The SMILES string of the molecule is CC(C)[C@@H](C)NC(=O)c1csc(CN(Cc2ccc(F)cc2)Cc2ccc(Cl)cc2)n1. The van der Waals surface area contributed by atoms with Gasteiger partial charge < -0.3 is 5.32 Å². The average molecular weight is 460 g/mol. The van der Waals surface area contributed by atoms with Crippen LogP contribution >= 0.6 is 22.9 Å². The topological polar surface area (TPSA) is 45.2 Å². The van der Waals surface area contributed by atoms with Crippen molar-refractivity contribution in [3.63, 3.8) is 0 Å². The monoisotopic (exact) mass is 459 g/mol. The Bertz CT molecular complexity index is 941. The first-order valence-corrected chi connectivity index (χ1v) is 11.5. The first-order chi connectivity index (χ1) is 14.8. The van der Waals surface area contributed by atoms with E-state index < -0.39 is 0 Å². The Balaban J connectivity index is 1.73. The van der Waals surface area contributed by atoms with Crippen molar-refractivity contribution in [3.8, 4) is 0 Å². The van der Waals surface area contributed by atoms with Crippen LogP contribution in [0.15, 0.2) is 53.9 Å². The van der Waals surface area contributed by atoms with Gasteiger partial charge in [-0.25, -0.2) is 9.37 Å². The molecule has 3 aromatic rings. The highest BCUT2D eigenvalue weighted by molar-refractivity contribution is 7.09. The zero-order chi connectivity index (χ0) is 22.4. The van der Waals surface area contributed by atoms with Gasteiger partial charge in [0.05, 0.1) is 6.54 Å². The number of rotatable bonds is 9. The fraction of sp³-hybridized carbons (Fsp3) is 0.333. The number of hydrogen-bond donors (Lipinski definition) is 1. The first-order valence-electron chi connectivity index (χ1n) is 10.3. The van der Waals surface area contributed by atoms with E-state index in [-0.39, 0.29) is 17.8 Å². The Labute approximate surface area is 192 Å². The number of aromatic nitrogens is 1. The Morgan fingerprint density at radius 1 is 1.03 bits per heavy atom. The summed E-state index contributed by atoms with van der Waals surface area (Å²) in [7, 11) is 0. The first kappa shape index (κ1) is 23.4. The van der Waals surface area contributed by atoms with Crippen molar-refractivity contribution in [2.45, 2.75) is 46.4 Å². The molecule has 0 fully saturated rings. The highest BCUT2D eigenvalue weighted by Crippen LogP contribution is 2.19. The lowest BCUT2D eigenvalue weighted by Crippen LogP contribution is -2.36. The summed E-state index contributed by atoms with van der Waals surface area (Å²) < 4.78 is 13.3. The van der Waals surface area contributed by atoms with Crippen molar-refractivity contribution < 1.29 is 9.18 Å². The number of nitrogens with one attached hydrogen (secondary N) is 1. The van der Waals surface area contributed by atoms with Crippen LogP contribution in [-0.4, -0.2) is 21.8 Å². The van der Waals surface area contributed by atoms with Gasteiger partial charge in [0.15, 0.2) is 0 Å². The maximum Gasteiger partial charge on any atom is 0.270 e. The minimum atomic E-state index is -0.251. The van der Waals surface area contributed by atoms with Crippen molar-refractivity contribution in [2.24, 2.45) is 5.92 Å². The third-order valence-electron chi connectivity index (χ3n) is 5.14. The number of halogens is 2. The van der Waals surface area contributed by atoms with Gasteiger partial charge in [-0.1, -0.05) is 49.7 Å². The summed E-state index contributed by atoms with van der Waals surface area (Å²) >= 11 is 7.49. The summed E-state index contributed by atoms with van der Waals surface area (Å²) in [5.74, 6) is -0.0432. The second-order valence-electron chi connectivity index (χ2n) is 8.03. The van der Waals surface area contributed by atoms with Gasteiger partial charge in [-0.05, 0) is 48.2 Å². The van der Waals surface area contributed by atoms with Crippen LogP contribution < -0.4 is 5.32 Å². The van der Waals surface area contributed by atoms with E-state index in [1.54, 1.807) is 17.5 Å². The number of hydrogen-bond acceptors (Lipinski definition) is 4. The Morgan fingerprint density at radius 3 is 2.19 bits per heavy atom. The maximum atomic E-state index is 13.3. The van der Waals surface area contributed by atoms with Crippen LogP contribution in [0.25, 0.3) is 0 Å². The van der Waals surface area contributed by atoms with Crippen LogP contribution in [-0.2, 0) is 19.6 Å². The smallest absolute Gasteiger partial charge is 0.270 e. The molecule has 0 aliphatic rings. The molecule has 0 spiro atoms. The predicted molar refractivity (Wildman–Crippen MR) is 125 cm³/mol. The number of benzene rings is 2. The Kier molecular flexibility index (Phi) is 8.18. The Hall–Kier alpha value is -2.28. The van der Waals surface area contributed by atoms with Crippen LogP contribution in [0.3, 0.4) is 0 Å². The second-order valence-corrected chi connectivity index (χ2v) is 9.41. The minimum Gasteiger partial charge on any atom is -0.348 e. The normalized spacial score (nSPS) is 12.4. The van der Waals surface area contributed by atoms with Crippen LogP contribution in [0.2, 0.25) is 5.02 Å². The van der Waals surface area contributed by atoms with Crippen molar-refractivity contribution in [3.05, 3.63) is 86.6 Å². The molecule has 1 aromatic heterocycles. The molecule has 164 valence electrons. The van der Waals surface area contributed by atoms with Crippen LogP contribution in [0.1, 0.15) is 47.4 Å². The standard InChI is InChI=1S/C24H27ClFN3OS/c1-16(2)17(3)27-24(30)22-15-31-23(28-22)14-29(12-18-4-8-20(25)9-5-18)13-19-6-10-21(26)11-7-19/h4-11,15-17H,12-14H2,1-3H3,(H,27,30)/t17-/m1/s1. The highest BCUT2D eigenvalue weighted by Gasteiger charge is 2.17. The van der Waals surface area contributed by atoms with Gasteiger partial charge in [0, 0.05) is 29.5 Å². The molecule has 1 atom stereocenters. The van der Waals surface area contributed by atoms with E-state index in [9.17, 15) is 9.18 Å². The number of nitrogens with zero attached hydrogens (tertiary/aromatic N) is 2. The van der Waals surface area contributed by atoms with E-state index in [1.807, 2.05) is 31.2 Å². The quantitative estimate of drug-likeness (QED) is 0.432. The molecule has 31 heavy (non-hydrogen) atoms. The highest BCUT2D eigenvalue weighted by atomic mass is 35.5. The maximum absolute atomic E-state index is 13.3. The van der Waals surface area contributed by atoms with Gasteiger partial charge >= 0.3 is 0 Å². The molecule has 0 aliphatic carbocycles. The third kappa shape index (κ3) is 7.13. The van der Waals surface area contributed by atoms with Crippen LogP contribution in [0.5, 0.6) is 0 Å². The number of carbonyl (C=O) groups excluding carboxylic acids is 1. The van der Waals surface area contributed by atoms with Crippen LogP contribution in [0, 0.1) is 11.7 Å². The van der Waals surface area contributed by atoms with E-state index in [4.69, 9.17) is 11.6 Å². The zero-order valence-corrected chi connectivity index (χ0v) is 19.5. The van der Waals surface area contributed by atoms with Gasteiger partial charge in [0.2, 0.25) is 0 Å². The molecule has 0 unspecified atom stereocenters. The molecule has 0 aliphatic heterocycles. The molecule has 0 bridgehead atoms. The fourth-order valence-corrected chi connectivity index (χ4v) is 3.93. The molecule has 1 amide bonds. The predicted octanol–water partition coefficient (Wildman–Crippen LogP) is 5.91. The fourth-order valence-electron chi connectivity index (χ4n) is 2.99. The van der Waals surface area contributed by atoms with E-state index >= 15 is 0 Å². The summed E-state index contributed by atoms with van der Waals surface area (Å²) in [6.07, 6.45) is 0. The molecule has 0 saturated carbocycles. The van der Waals surface area contributed by atoms with Gasteiger partial charge in [0.25, 0.3) is 5.91 Å². The molecule has 0 saturated heterocycles. The molecule has 0 radical (unpaired) electrons. The van der Waals surface area contributed by atoms with Crippen molar-refractivity contribution in [2.75, 3.05) is 0 Å². The van der Waals surface area contributed by atoms with Gasteiger partial charge in [-0.2, -0.15) is 0 Å². The summed E-state index contributed by atoms with van der Waals surface area (Å²) in [5.41, 5.74) is 2.57. The Morgan fingerprint density at radius 2 is 1.61 bits per heavy atom. The molecule has 3 rings (SSSR count). The van der Waals surface area contributed by atoms with E-state index in [1.165, 1.54) is 23.5 Å². The number of amides is 1. The molecule has 2 aromatic carbocycles. The average Bonchev–Trinajstić information content (AvgIpc) is 3.20. The molecular formula is C24H27ClFN3OS. The lowest BCUT2D eigenvalue weighted by atomic mass is 10.1. The molecular weight excluding hydrogens is 433 g/mol. The summed E-state index contributed by atoms with van der Waals surface area (Å²) in [6.45, 7) is 8.03.